The molecule has 4 N–H and O–H groups in total. The molecule has 0 aliphatic heterocycles. The van der Waals surface area contributed by atoms with Crippen LogP contribution in [0.25, 0.3) is 0 Å². The number of anilines is 1. The summed E-state index contributed by atoms with van der Waals surface area (Å²) < 4.78 is 0.794. The smallest absolute Gasteiger partial charge is 0.171 e. The third kappa shape index (κ3) is 4.72. The summed E-state index contributed by atoms with van der Waals surface area (Å²) in [6.45, 7) is 1.18. The maximum atomic E-state index is 8.73. The monoisotopic (exact) mass is 329 g/mol. The second kappa shape index (κ2) is 8.01. The van der Waals surface area contributed by atoms with Gasteiger partial charge in [-0.25, -0.2) is 0 Å². The Hall–Kier alpha value is -1.27. The van der Waals surface area contributed by atoms with Crippen LogP contribution >= 0.6 is 15.9 Å². The molecule has 1 aromatic rings. The SMILES string of the molecule is CN(CCCCCO)c1ccc(/C(N)=N/O)c(Br)c1. The van der Waals surface area contributed by atoms with Gasteiger partial charge < -0.3 is 20.9 Å². The summed E-state index contributed by atoms with van der Waals surface area (Å²) in [5.74, 6) is 0.0871. The second-order valence-corrected chi connectivity index (χ2v) is 5.21. The van der Waals surface area contributed by atoms with Gasteiger partial charge in [0.05, 0.1) is 0 Å². The number of nitrogens with two attached hydrogens (primary N) is 1. The number of aliphatic hydroxyl groups is 1. The molecule has 0 spiro atoms. The second-order valence-electron chi connectivity index (χ2n) is 4.36. The molecule has 0 heterocycles. The number of hydrogen-bond donors (Lipinski definition) is 3. The number of halogens is 1. The molecule has 19 heavy (non-hydrogen) atoms. The first-order chi connectivity index (χ1) is 9.10. The lowest BCUT2D eigenvalue weighted by molar-refractivity contribution is 0.283. The lowest BCUT2D eigenvalue weighted by Crippen LogP contribution is -2.19. The van der Waals surface area contributed by atoms with E-state index in [1.807, 2.05) is 25.2 Å². The zero-order valence-electron chi connectivity index (χ0n) is 11.0. The van der Waals surface area contributed by atoms with Crippen molar-refractivity contribution >= 4 is 27.5 Å². The van der Waals surface area contributed by atoms with Gasteiger partial charge in [0.25, 0.3) is 0 Å². The van der Waals surface area contributed by atoms with Gasteiger partial charge in [-0.2, -0.15) is 0 Å². The maximum absolute atomic E-state index is 8.73. The van der Waals surface area contributed by atoms with Crippen LogP contribution in [0.5, 0.6) is 0 Å². The van der Waals surface area contributed by atoms with E-state index >= 15 is 0 Å². The molecule has 0 radical (unpaired) electrons. The van der Waals surface area contributed by atoms with Gasteiger partial charge in [-0.1, -0.05) is 5.16 Å². The molecule has 0 amide bonds. The van der Waals surface area contributed by atoms with Crippen molar-refractivity contribution in [2.75, 3.05) is 25.1 Å². The third-order valence-electron chi connectivity index (χ3n) is 2.93. The largest absolute Gasteiger partial charge is 0.409 e. The molecule has 1 rings (SSSR count). The van der Waals surface area contributed by atoms with Crippen LogP contribution in [0, 0.1) is 0 Å². The predicted octanol–water partition coefficient (Wildman–Crippen LogP) is 2.14. The highest BCUT2D eigenvalue weighted by Gasteiger charge is 2.08. The van der Waals surface area contributed by atoms with Crippen LogP contribution in [-0.4, -0.2) is 36.3 Å². The van der Waals surface area contributed by atoms with Crippen molar-refractivity contribution in [3.63, 3.8) is 0 Å². The summed E-state index contributed by atoms with van der Waals surface area (Å²) >= 11 is 3.42. The van der Waals surface area contributed by atoms with Gasteiger partial charge in [0.2, 0.25) is 0 Å². The number of nitrogens with zero attached hydrogens (tertiary/aromatic N) is 2. The minimum absolute atomic E-state index is 0.0871. The molecule has 0 aliphatic carbocycles. The average Bonchev–Trinajstić information content (AvgIpc) is 2.42. The normalized spacial score (nSPS) is 11.6. The zero-order chi connectivity index (χ0) is 14.3. The zero-order valence-corrected chi connectivity index (χ0v) is 12.6. The Bertz CT molecular complexity index is 438. The summed E-state index contributed by atoms with van der Waals surface area (Å²) in [7, 11) is 2.02. The van der Waals surface area contributed by atoms with Crippen LogP contribution < -0.4 is 10.6 Å². The van der Waals surface area contributed by atoms with Crippen molar-refractivity contribution in [3.05, 3.63) is 28.2 Å². The highest BCUT2D eigenvalue weighted by Crippen LogP contribution is 2.23. The lowest BCUT2D eigenvalue weighted by Gasteiger charge is -2.20. The lowest BCUT2D eigenvalue weighted by atomic mass is 10.1. The number of amidine groups is 1. The fourth-order valence-electron chi connectivity index (χ4n) is 1.77. The van der Waals surface area contributed by atoms with Crippen molar-refractivity contribution in [1.29, 1.82) is 0 Å². The van der Waals surface area contributed by atoms with Crippen molar-refractivity contribution in [2.45, 2.75) is 19.3 Å². The van der Waals surface area contributed by atoms with E-state index in [2.05, 4.69) is 26.0 Å². The van der Waals surface area contributed by atoms with Gasteiger partial charge in [0, 0.05) is 35.9 Å². The van der Waals surface area contributed by atoms with Gasteiger partial charge >= 0.3 is 0 Å². The van der Waals surface area contributed by atoms with Crippen molar-refractivity contribution in [1.82, 2.24) is 0 Å². The number of benzene rings is 1. The van der Waals surface area contributed by atoms with E-state index in [-0.39, 0.29) is 12.4 Å². The summed E-state index contributed by atoms with van der Waals surface area (Å²) in [6, 6.07) is 5.70. The van der Waals surface area contributed by atoms with E-state index in [1.54, 1.807) is 0 Å². The molecule has 0 aliphatic rings. The summed E-state index contributed by atoms with van der Waals surface area (Å²) in [5.41, 5.74) is 7.29. The van der Waals surface area contributed by atoms with Gasteiger partial charge in [-0.15, -0.1) is 0 Å². The van der Waals surface area contributed by atoms with Gasteiger partial charge in [0.1, 0.15) is 0 Å². The van der Waals surface area contributed by atoms with E-state index in [4.69, 9.17) is 16.0 Å². The van der Waals surface area contributed by atoms with E-state index in [9.17, 15) is 0 Å². The minimum atomic E-state index is 0.0871. The molecule has 5 nitrogen and oxygen atoms in total. The molecule has 1 aromatic carbocycles. The number of hydrogen-bond acceptors (Lipinski definition) is 4. The first-order valence-electron chi connectivity index (χ1n) is 6.19. The predicted molar refractivity (Wildman–Crippen MR) is 80.9 cm³/mol. The van der Waals surface area contributed by atoms with Gasteiger partial charge in [-0.05, 0) is 53.4 Å². The standard InChI is InChI=1S/C13H20BrN3O2/c1-17(7-3-2-4-8-18)10-5-6-11(12(14)9-10)13(15)16-19/h5-6,9,18-19H,2-4,7-8H2,1H3,(H2,15,16). The Balaban J connectivity index is 2.67. The fraction of sp³-hybridized carbons (Fsp3) is 0.462. The van der Waals surface area contributed by atoms with E-state index in [0.29, 0.717) is 5.56 Å². The highest BCUT2D eigenvalue weighted by atomic mass is 79.9. The summed E-state index contributed by atoms with van der Waals surface area (Å²) in [6.07, 6.45) is 2.90. The number of unbranched alkanes of at least 4 members (excludes halogenated alkanes) is 2. The molecule has 6 heteroatoms. The first-order valence-corrected chi connectivity index (χ1v) is 6.99. The topological polar surface area (TPSA) is 82.1 Å². The maximum Gasteiger partial charge on any atom is 0.171 e. The average molecular weight is 330 g/mol. The molecular formula is C13H20BrN3O2. The first kappa shape index (κ1) is 15.8. The van der Waals surface area contributed by atoms with Crippen LogP contribution in [0.1, 0.15) is 24.8 Å². The molecule has 0 unspecified atom stereocenters. The Labute approximate surface area is 121 Å². The van der Waals surface area contributed by atoms with Crippen LogP contribution in [0.4, 0.5) is 5.69 Å². The van der Waals surface area contributed by atoms with E-state index in [1.165, 1.54) is 0 Å². The van der Waals surface area contributed by atoms with Crippen LogP contribution in [0.3, 0.4) is 0 Å². The Morgan fingerprint density at radius 1 is 1.37 bits per heavy atom. The number of rotatable bonds is 7. The number of aliphatic hydroxyl groups excluding tert-OH is 1. The van der Waals surface area contributed by atoms with E-state index < -0.39 is 0 Å². The van der Waals surface area contributed by atoms with Gasteiger partial charge in [0.15, 0.2) is 5.84 Å². The van der Waals surface area contributed by atoms with Crippen molar-refractivity contribution in [2.24, 2.45) is 10.9 Å². The molecule has 0 bridgehead atoms. The summed E-state index contributed by atoms with van der Waals surface area (Å²) in [5, 5.41) is 20.4. The van der Waals surface area contributed by atoms with Crippen LogP contribution in [0.2, 0.25) is 0 Å². The molecule has 0 fully saturated rings. The molecule has 0 atom stereocenters. The Morgan fingerprint density at radius 2 is 2.11 bits per heavy atom. The summed E-state index contributed by atoms with van der Waals surface area (Å²) in [4.78, 5) is 2.14. The highest BCUT2D eigenvalue weighted by molar-refractivity contribution is 9.10. The molecule has 0 saturated heterocycles. The van der Waals surface area contributed by atoms with Crippen molar-refractivity contribution < 1.29 is 10.3 Å². The Morgan fingerprint density at radius 3 is 2.68 bits per heavy atom. The van der Waals surface area contributed by atoms with Crippen LogP contribution in [0.15, 0.2) is 27.8 Å². The van der Waals surface area contributed by atoms with Crippen LogP contribution in [-0.2, 0) is 0 Å². The third-order valence-corrected chi connectivity index (χ3v) is 3.58. The molecule has 0 saturated carbocycles. The van der Waals surface area contributed by atoms with Crippen molar-refractivity contribution in [3.8, 4) is 0 Å². The molecule has 106 valence electrons. The number of oxime groups is 1. The van der Waals surface area contributed by atoms with E-state index in [0.717, 1.165) is 36.0 Å². The quantitative estimate of drug-likeness (QED) is 0.235. The molecular weight excluding hydrogens is 310 g/mol. The minimum Gasteiger partial charge on any atom is -0.409 e. The Kier molecular flexibility index (Phi) is 6.66. The fourth-order valence-corrected chi connectivity index (χ4v) is 2.34. The van der Waals surface area contributed by atoms with Gasteiger partial charge in [-0.3, -0.25) is 0 Å². The molecule has 0 aromatic heterocycles.